The van der Waals surface area contributed by atoms with Crippen molar-refractivity contribution in [1.29, 1.82) is 0 Å². The molecule has 18 heavy (non-hydrogen) atoms. The molecule has 3 nitrogen and oxygen atoms in total. The third kappa shape index (κ3) is 2.64. The summed E-state index contributed by atoms with van der Waals surface area (Å²) in [5.74, 6) is 1.75. The number of aryl methyl sites for hydroxylation is 1. The van der Waals surface area contributed by atoms with E-state index in [0.717, 1.165) is 27.4 Å². The first-order valence-electron chi connectivity index (χ1n) is 5.63. The lowest BCUT2D eigenvalue weighted by Gasteiger charge is -2.19. The van der Waals surface area contributed by atoms with Crippen LogP contribution in [0.4, 0.5) is 11.5 Å². The third-order valence-electron chi connectivity index (χ3n) is 2.79. The number of aromatic nitrogens is 1. The van der Waals surface area contributed by atoms with Gasteiger partial charge in [-0.2, -0.15) is 0 Å². The predicted molar refractivity (Wildman–Crippen MR) is 77.7 cm³/mol. The quantitative estimate of drug-likeness (QED) is 0.859. The number of methoxy groups -OCH3 is 1. The van der Waals surface area contributed by atoms with Gasteiger partial charge < -0.3 is 9.64 Å². The van der Waals surface area contributed by atoms with Gasteiger partial charge in [0.2, 0.25) is 0 Å². The second kappa shape index (κ2) is 5.40. The number of hydrogen-bond donors (Lipinski definition) is 0. The van der Waals surface area contributed by atoms with Crippen LogP contribution < -0.4 is 9.64 Å². The van der Waals surface area contributed by atoms with Crippen LogP contribution in [0.2, 0.25) is 0 Å². The molecule has 0 spiro atoms. The Morgan fingerprint density at radius 3 is 2.67 bits per heavy atom. The minimum atomic E-state index is 0.841. The summed E-state index contributed by atoms with van der Waals surface area (Å²) < 4.78 is 6.25. The topological polar surface area (TPSA) is 25.4 Å². The molecule has 0 saturated heterocycles. The van der Waals surface area contributed by atoms with E-state index in [1.165, 1.54) is 0 Å². The molecule has 2 rings (SSSR count). The summed E-state index contributed by atoms with van der Waals surface area (Å²) in [6.07, 6.45) is 0. The molecule has 0 unspecified atom stereocenters. The fourth-order valence-electron chi connectivity index (χ4n) is 1.67. The summed E-state index contributed by atoms with van der Waals surface area (Å²) >= 11 is 3.46. The van der Waals surface area contributed by atoms with Crippen molar-refractivity contribution in [1.82, 2.24) is 4.98 Å². The Morgan fingerprint density at radius 2 is 2.00 bits per heavy atom. The zero-order chi connectivity index (χ0) is 13.1. The molecule has 1 aromatic carbocycles. The van der Waals surface area contributed by atoms with Crippen LogP contribution in [0.25, 0.3) is 0 Å². The molecule has 0 radical (unpaired) electrons. The SMILES string of the molecule is COc1cccc(N(C)c2ccc(Br)c(C)n2)c1. The average Bonchev–Trinajstić information content (AvgIpc) is 2.41. The Labute approximate surface area is 116 Å². The van der Waals surface area contributed by atoms with Crippen LogP contribution in [0.5, 0.6) is 5.75 Å². The van der Waals surface area contributed by atoms with E-state index in [1.54, 1.807) is 7.11 Å². The Morgan fingerprint density at radius 1 is 1.22 bits per heavy atom. The molecule has 0 aliphatic heterocycles. The van der Waals surface area contributed by atoms with E-state index in [4.69, 9.17) is 4.74 Å². The van der Waals surface area contributed by atoms with E-state index in [9.17, 15) is 0 Å². The maximum Gasteiger partial charge on any atom is 0.133 e. The van der Waals surface area contributed by atoms with E-state index in [-0.39, 0.29) is 0 Å². The average molecular weight is 307 g/mol. The predicted octanol–water partition coefficient (Wildman–Crippen LogP) is 3.93. The van der Waals surface area contributed by atoms with Gasteiger partial charge in [-0.25, -0.2) is 4.98 Å². The summed E-state index contributed by atoms with van der Waals surface area (Å²) in [5, 5.41) is 0. The first-order chi connectivity index (χ1) is 8.61. The Kier molecular flexibility index (Phi) is 3.87. The highest BCUT2D eigenvalue weighted by Crippen LogP contribution is 2.27. The van der Waals surface area contributed by atoms with Crippen molar-refractivity contribution in [3.8, 4) is 5.75 Å². The minimum absolute atomic E-state index is 0.841. The number of nitrogens with zero attached hydrogens (tertiary/aromatic N) is 2. The van der Waals surface area contributed by atoms with Gasteiger partial charge in [0.05, 0.1) is 12.8 Å². The molecule has 0 aliphatic carbocycles. The number of halogens is 1. The molecular formula is C14H15BrN2O. The van der Waals surface area contributed by atoms with Crippen LogP contribution in [0.15, 0.2) is 40.9 Å². The molecule has 0 bridgehead atoms. The molecule has 0 atom stereocenters. The molecular weight excluding hydrogens is 292 g/mol. The van der Waals surface area contributed by atoms with Gasteiger partial charge in [0, 0.05) is 23.3 Å². The summed E-state index contributed by atoms with van der Waals surface area (Å²) in [4.78, 5) is 6.57. The summed E-state index contributed by atoms with van der Waals surface area (Å²) in [5.41, 5.74) is 2.02. The van der Waals surface area contributed by atoms with Crippen molar-refractivity contribution in [3.05, 3.63) is 46.6 Å². The van der Waals surface area contributed by atoms with Crippen molar-refractivity contribution >= 4 is 27.4 Å². The fourth-order valence-corrected chi connectivity index (χ4v) is 1.89. The Bertz CT molecular complexity index is 557. The molecule has 1 heterocycles. The van der Waals surface area contributed by atoms with E-state index in [2.05, 4.69) is 20.9 Å². The first-order valence-corrected chi connectivity index (χ1v) is 6.42. The van der Waals surface area contributed by atoms with Gasteiger partial charge in [-0.15, -0.1) is 0 Å². The number of benzene rings is 1. The van der Waals surface area contributed by atoms with Gasteiger partial charge in [0.1, 0.15) is 11.6 Å². The number of pyridine rings is 1. The number of ether oxygens (including phenoxy) is 1. The standard InChI is InChI=1S/C14H15BrN2O/c1-10-13(15)7-8-14(16-10)17(2)11-5-4-6-12(9-11)18-3/h4-9H,1-3H3. The van der Waals surface area contributed by atoms with Crippen LogP contribution in [0.1, 0.15) is 5.69 Å². The van der Waals surface area contributed by atoms with Crippen molar-refractivity contribution in [2.45, 2.75) is 6.92 Å². The van der Waals surface area contributed by atoms with E-state index in [0.29, 0.717) is 0 Å². The lowest BCUT2D eigenvalue weighted by atomic mass is 10.2. The fraction of sp³-hybridized carbons (Fsp3) is 0.214. The molecule has 0 fully saturated rings. The minimum Gasteiger partial charge on any atom is -0.497 e. The second-order valence-electron chi connectivity index (χ2n) is 4.00. The highest BCUT2D eigenvalue weighted by molar-refractivity contribution is 9.10. The molecule has 0 N–H and O–H groups in total. The van der Waals surface area contributed by atoms with Crippen LogP contribution in [0.3, 0.4) is 0 Å². The van der Waals surface area contributed by atoms with E-state index in [1.807, 2.05) is 55.3 Å². The van der Waals surface area contributed by atoms with Gasteiger partial charge in [-0.05, 0) is 47.1 Å². The van der Waals surface area contributed by atoms with E-state index >= 15 is 0 Å². The normalized spacial score (nSPS) is 10.2. The van der Waals surface area contributed by atoms with Crippen molar-refractivity contribution in [2.75, 3.05) is 19.1 Å². The molecule has 2 aromatic rings. The number of anilines is 2. The summed E-state index contributed by atoms with van der Waals surface area (Å²) in [6, 6.07) is 11.9. The van der Waals surface area contributed by atoms with Gasteiger partial charge in [0.15, 0.2) is 0 Å². The number of hydrogen-bond acceptors (Lipinski definition) is 3. The van der Waals surface area contributed by atoms with Crippen molar-refractivity contribution in [3.63, 3.8) is 0 Å². The van der Waals surface area contributed by atoms with Crippen LogP contribution in [-0.4, -0.2) is 19.1 Å². The molecule has 0 aliphatic rings. The van der Waals surface area contributed by atoms with Crippen molar-refractivity contribution < 1.29 is 4.74 Å². The summed E-state index contributed by atoms with van der Waals surface area (Å²) in [6.45, 7) is 1.98. The maximum absolute atomic E-state index is 5.23. The Hall–Kier alpha value is -1.55. The van der Waals surface area contributed by atoms with Crippen LogP contribution in [0, 0.1) is 6.92 Å². The zero-order valence-corrected chi connectivity index (χ0v) is 12.2. The van der Waals surface area contributed by atoms with Crippen LogP contribution >= 0.6 is 15.9 Å². The Balaban J connectivity index is 2.34. The van der Waals surface area contributed by atoms with Crippen LogP contribution in [-0.2, 0) is 0 Å². The monoisotopic (exact) mass is 306 g/mol. The lowest BCUT2D eigenvalue weighted by molar-refractivity contribution is 0.415. The maximum atomic E-state index is 5.23. The second-order valence-corrected chi connectivity index (χ2v) is 4.85. The van der Waals surface area contributed by atoms with E-state index < -0.39 is 0 Å². The molecule has 0 saturated carbocycles. The molecule has 0 amide bonds. The first kappa shape index (κ1) is 12.9. The van der Waals surface area contributed by atoms with Gasteiger partial charge in [-0.3, -0.25) is 0 Å². The highest BCUT2D eigenvalue weighted by atomic mass is 79.9. The van der Waals surface area contributed by atoms with Gasteiger partial charge in [0.25, 0.3) is 0 Å². The molecule has 1 aromatic heterocycles. The van der Waals surface area contributed by atoms with Crippen molar-refractivity contribution in [2.24, 2.45) is 0 Å². The smallest absolute Gasteiger partial charge is 0.133 e. The highest BCUT2D eigenvalue weighted by Gasteiger charge is 2.07. The summed E-state index contributed by atoms with van der Waals surface area (Å²) in [7, 11) is 3.66. The third-order valence-corrected chi connectivity index (χ3v) is 3.63. The largest absolute Gasteiger partial charge is 0.497 e. The molecule has 4 heteroatoms. The lowest BCUT2D eigenvalue weighted by Crippen LogP contribution is -2.11. The molecule has 94 valence electrons. The van der Waals surface area contributed by atoms with Gasteiger partial charge in [-0.1, -0.05) is 6.07 Å². The number of rotatable bonds is 3. The van der Waals surface area contributed by atoms with Gasteiger partial charge >= 0.3 is 0 Å². The zero-order valence-electron chi connectivity index (χ0n) is 10.6.